The largest absolute Gasteiger partial charge is 0.444 e. The zero-order valence-electron chi connectivity index (χ0n) is 12.3. The fourth-order valence-electron chi connectivity index (χ4n) is 1.94. The Kier molecular flexibility index (Phi) is 3.69. The molecule has 0 aliphatic rings. The SMILES string of the molecule is Cc1nc(CNC(=O)c2cccc(-n3cccn3)n2)oc1C. The van der Waals surface area contributed by atoms with E-state index in [9.17, 15) is 4.79 Å². The van der Waals surface area contributed by atoms with E-state index in [0.717, 1.165) is 11.5 Å². The molecule has 112 valence electrons. The number of aromatic nitrogens is 4. The Labute approximate surface area is 127 Å². The molecule has 22 heavy (non-hydrogen) atoms. The molecule has 0 aliphatic carbocycles. The van der Waals surface area contributed by atoms with Crippen LogP contribution in [0.5, 0.6) is 0 Å². The van der Waals surface area contributed by atoms with Crippen molar-refractivity contribution < 1.29 is 9.21 Å². The normalized spacial score (nSPS) is 10.6. The first-order chi connectivity index (χ1) is 10.6. The molecule has 0 saturated carbocycles. The van der Waals surface area contributed by atoms with Gasteiger partial charge in [0.05, 0.1) is 12.2 Å². The van der Waals surface area contributed by atoms with E-state index in [2.05, 4.69) is 20.4 Å². The Bertz CT molecular complexity index is 773. The lowest BCUT2D eigenvalue weighted by molar-refractivity contribution is 0.0942. The van der Waals surface area contributed by atoms with Crippen LogP contribution in [-0.2, 0) is 6.54 Å². The highest BCUT2D eigenvalue weighted by atomic mass is 16.4. The van der Waals surface area contributed by atoms with Gasteiger partial charge in [-0.05, 0) is 32.0 Å². The van der Waals surface area contributed by atoms with Gasteiger partial charge in [-0.1, -0.05) is 6.07 Å². The molecule has 3 heterocycles. The molecule has 0 bridgehead atoms. The van der Waals surface area contributed by atoms with Crippen LogP contribution in [0.15, 0.2) is 41.1 Å². The number of pyridine rings is 1. The lowest BCUT2D eigenvalue weighted by Crippen LogP contribution is -2.24. The molecule has 7 heteroatoms. The smallest absolute Gasteiger partial charge is 0.270 e. The number of hydrogen-bond acceptors (Lipinski definition) is 5. The first kappa shape index (κ1) is 14.0. The topological polar surface area (TPSA) is 85.8 Å². The maximum Gasteiger partial charge on any atom is 0.270 e. The van der Waals surface area contributed by atoms with E-state index in [-0.39, 0.29) is 12.5 Å². The molecule has 7 nitrogen and oxygen atoms in total. The molecule has 3 rings (SSSR count). The van der Waals surface area contributed by atoms with Crippen LogP contribution in [-0.4, -0.2) is 25.7 Å². The van der Waals surface area contributed by atoms with Crippen LogP contribution in [0, 0.1) is 13.8 Å². The van der Waals surface area contributed by atoms with Crippen molar-refractivity contribution in [3.8, 4) is 5.82 Å². The van der Waals surface area contributed by atoms with Gasteiger partial charge in [0.15, 0.2) is 5.82 Å². The number of hydrogen-bond donors (Lipinski definition) is 1. The molecule has 0 radical (unpaired) electrons. The van der Waals surface area contributed by atoms with Crippen LogP contribution in [0.3, 0.4) is 0 Å². The monoisotopic (exact) mass is 297 g/mol. The fraction of sp³-hybridized carbons (Fsp3) is 0.200. The number of carbonyl (C=O) groups excluding carboxylic acids is 1. The lowest BCUT2D eigenvalue weighted by atomic mass is 10.3. The second-order valence-corrected chi connectivity index (χ2v) is 4.76. The molecule has 0 unspecified atom stereocenters. The molecule has 0 fully saturated rings. The van der Waals surface area contributed by atoms with Gasteiger partial charge >= 0.3 is 0 Å². The van der Waals surface area contributed by atoms with Gasteiger partial charge in [-0.25, -0.2) is 14.6 Å². The minimum absolute atomic E-state index is 0.223. The summed E-state index contributed by atoms with van der Waals surface area (Å²) in [7, 11) is 0. The molecular weight excluding hydrogens is 282 g/mol. The zero-order chi connectivity index (χ0) is 15.5. The number of amides is 1. The van der Waals surface area contributed by atoms with Crippen molar-refractivity contribution in [2.75, 3.05) is 0 Å². The van der Waals surface area contributed by atoms with Gasteiger partial charge in [-0.3, -0.25) is 4.79 Å². The van der Waals surface area contributed by atoms with Crippen molar-refractivity contribution in [3.63, 3.8) is 0 Å². The summed E-state index contributed by atoms with van der Waals surface area (Å²) >= 11 is 0. The van der Waals surface area contributed by atoms with E-state index in [1.54, 1.807) is 41.3 Å². The lowest BCUT2D eigenvalue weighted by Gasteiger charge is -2.05. The number of rotatable bonds is 4. The molecule has 0 atom stereocenters. The van der Waals surface area contributed by atoms with Crippen molar-refractivity contribution in [2.24, 2.45) is 0 Å². The van der Waals surface area contributed by atoms with Crippen molar-refractivity contribution in [3.05, 3.63) is 59.7 Å². The van der Waals surface area contributed by atoms with E-state index >= 15 is 0 Å². The molecule has 0 aliphatic heterocycles. The van der Waals surface area contributed by atoms with Gasteiger partial charge in [0.25, 0.3) is 5.91 Å². The molecule has 3 aromatic heterocycles. The molecule has 0 saturated heterocycles. The second kappa shape index (κ2) is 5.80. The van der Waals surface area contributed by atoms with Crippen LogP contribution in [0.2, 0.25) is 0 Å². The third-order valence-electron chi connectivity index (χ3n) is 3.18. The Balaban J connectivity index is 1.71. The number of carbonyl (C=O) groups is 1. The van der Waals surface area contributed by atoms with Gasteiger partial charge in [-0.15, -0.1) is 0 Å². The van der Waals surface area contributed by atoms with E-state index < -0.39 is 0 Å². The average molecular weight is 297 g/mol. The Hall–Kier alpha value is -2.96. The van der Waals surface area contributed by atoms with Gasteiger partial charge in [0, 0.05) is 12.4 Å². The first-order valence-corrected chi connectivity index (χ1v) is 6.81. The average Bonchev–Trinajstić information content (AvgIpc) is 3.16. The second-order valence-electron chi connectivity index (χ2n) is 4.76. The predicted octanol–water partition coefficient (Wildman–Crippen LogP) is 1.80. The van der Waals surface area contributed by atoms with Crippen LogP contribution in [0.1, 0.15) is 27.8 Å². The van der Waals surface area contributed by atoms with E-state index in [4.69, 9.17) is 4.42 Å². The quantitative estimate of drug-likeness (QED) is 0.793. The Morgan fingerprint density at radius 3 is 2.82 bits per heavy atom. The Morgan fingerprint density at radius 2 is 2.14 bits per heavy atom. The summed E-state index contributed by atoms with van der Waals surface area (Å²) in [5.74, 6) is 1.53. The predicted molar refractivity (Wildman–Crippen MR) is 78.5 cm³/mol. The number of oxazole rings is 1. The summed E-state index contributed by atoms with van der Waals surface area (Å²) in [5, 5.41) is 6.83. The maximum absolute atomic E-state index is 12.2. The molecule has 0 aromatic carbocycles. The van der Waals surface area contributed by atoms with Gasteiger partial charge in [0.1, 0.15) is 11.5 Å². The zero-order valence-corrected chi connectivity index (χ0v) is 12.3. The summed E-state index contributed by atoms with van der Waals surface area (Å²) in [6.07, 6.45) is 3.42. The molecular formula is C15H15N5O2. The summed E-state index contributed by atoms with van der Waals surface area (Å²) < 4.78 is 7.02. The molecule has 0 spiro atoms. The maximum atomic E-state index is 12.2. The van der Waals surface area contributed by atoms with E-state index in [1.807, 2.05) is 13.8 Å². The highest BCUT2D eigenvalue weighted by Crippen LogP contribution is 2.08. The summed E-state index contributed by atoms with van der Waals surface area (Å²) in [6.45, 7) is 3.92. The molecule has 3 aromatic rings. The third-order valence-corrected chi connectivity index (χ3v) is 3.18. The first-order valence-electron chi connectivity index (χ1n) is 6.81. The van der Waals surface area contributed by atoms with Crippen LogP contribution >= 0.6 is 0 Å². The minimum atomic E-state index is -0.289. The molecule has 1 N–H and O–H groups in total. The Morgan fingerprint density at radius 1 is 1.27 bits per heavy atom. The minimum Gasteiger partial charge on any atom is -0.444 e. The summed E-state index contributed by atoms with van der Waals surface area (Å²) in [5.41, 5.74) is 1.14. The van der Waals surface area contributed by atoms with Gasteiger partial charge < -0.3 is 9.73 Å². The van der Waals surface area contributed by atoms with Gasteiger partial charge in [0.2, 0.25) is 5.89 Å². The highest BCUT2D eigenvalue weighted by Gasteiger charge is 2.11. The van der Waals surface area contributed by atoms with E-state index in [0.29, 0.717) is 17.4 Å². The number of nitrogens with one attached hydrogen (secondary N) is 1. The van der Waals surface area contributed by atoms with Crippen LogP contribution in [0.4, 0.5) is 0 Å². The van der Waals surface area contributed by atoms with Crippen molar-refractivity contribution >= 4 is 5.91 Å². The molecule has 1 amide bonds. The third kappa shape index (κ3) is 2.88. The standard InChI is InChI=1S/C15H15N5O2/c1-10-11(2)22-14(18-10)9-16-15(21)12-5-3-6-13(19-12)20-8-4-7-17-20/h3-8H,9H2,1-2H3,(H,16,21). The summed E-state index contributed by atoms with van der Waals surface area (Å²) in [6, 6.07) is 6.99. The number of nitrogens with zero attached hydrogens (tertiary/aromatic N) is 4. The summed E-state index contributed by atoms with van der Waals surface area (Å²) in [4.78, 5) is 20.7. The van der Waals surface area contributed by atoms with Crippen LogP contribution < -0.4 is 5.32 Å². The number of aryl methyl sites for hydroxylation is 2. The van der Waals surface area contributed by atoms with E-state index in [1.165, 1.54) is 0 Å². The van der Waals surface area contributed by atoms with Crippen molar-refractivity contribution in [1.29, 1.82) is 0 Å². The van der Waals surface area contributed by atoms with Crippen molar-refractivity contribution in [1.82, 2.24) is 25.1 Å². The highest BCUT2D eigenvalue weighted by molar-refractivity contribution is 5.92. The van der Waals surface area contributed by atoms with Crippen LogP contribution in [0.25, 0.3) is 5.82 Å². The van der Waals surface area contributed by atoms with Gasteiger partial charge in [-0.2, -0.15) is 5.10 Å². The fourth-order valence-corrected chi connectivity index (χ4v) is 1.94. The van der Waals surface area contributed by atoms with Crippen molar-refractivity contribution in [2.45, 2.75) is 20.4 Å².